The van der Waals surface area contributed by atoms with E-state index < -0.39 is 0 Å². The van der Waals surface area contributed by atoms with Crippen LogP contribution in [-0.2, 0) is 9.59 Å². The molecule has 0 radical (unpaired) electrons. The van der Waals surface area contributed by atoms with Gasteiger partial charge in [0.1, 0.15) is 5.82 Å². The Bertz CT molecular complexity index is 1000. The number of nitrogens with one attached hydrogen (secondary N) is 2. The summed E-state index contributed by atoms with van der Waals surface area (Å²) >= 11 is 1.41. The number of rotatable bonds is 8. The van der Waals surface area contributed by atoms with E-state index >= 15 is 0 Å². The molecule has 4 rings (SSSR count). The SMILES string of the molecule is O=C(CSc1ccccc1C(=O)N1CCC(C(=O)Nc2ccccn2)CC1)NCC1CCCCC1. The second-order valence-corrected chi connectivity index (χ2v) is 10.4. The summed E-state index contributed by atoms with van der Waals surface area (Å²) in [7, 11) is 0. The Morgan fingerprint density at radius 3 is 2.43 bits per heavy atom. The van der Waals surface area contributed by atoms with Crippen LogP contribution < -0.4 is 10.6 Å². The summed E-state index contributed by atoms with van der Waals surface area (Å²) in [5, 5.41) is 5.93. The lowest BCUT2D eigenvalue weighted by Crippen LogP contribution is -2.41. The Morgan fingerprint density at radius 1 is 0.943 bits per heavy atom. The summed E-state index contributed by atoms with van der Waals surface area (Å²) in [6.45, 7) is 1.81. The number of anilines is 1. The Labute approximate surface area is 211 Å². The van der Waals surface area contributed by atoms with Crippen molar-refractivity contribution in [1.29, 1.82) is 0 Å². The molecular weight excluding hydrogens is 460 g/mol. The number of hydrogen-bond acceptors (Lipinski definition) is 5. The van der Waals surface area contributed by atoms with Gasteiger partial charge in [-0.2, -0.15) is 0 Å². The zero-order valence-corrected chi connectivity index (χ0v) is 20.9. The first-order valence-electron chi connectivity index (χ1n) is 12.6. The highest BCUT2D eigenvalue weighted by Crippen LogP contribution is 2.27. The van der Waals surface area contributed by atoms with Crippen molar-refractivity contribution in [1.82, 2.24) is 15.2 Å². The number of hydrogen-bond donors (Lipinski definition) is 2. The number of aromatic nitrogens is 1. The Kier molecular flexibility index (Phi) is 9.17. The molecule has 1 saturated heterocycles. The second kappa shape index (κ2) is 12.7. The fraction of sp³-hybridized carbons (Fsp3) is 0.481. The van der Waals surface area contributed by atoms with Gasteiger partial charge in [0, 0.05) is 36.6 Å². The van der Waals surface area contributed by atoms with Gasteiger partial charge in [-0.25, -0.2) is 4.98 Å². The van der Waals surface area contributed by atoms with E-state index in [9.17, 15) is 14.4 Å². The van der Waals surface area contributed by atoms with Crippen molar-refractivity contribution in [2.24, 2.45) is 11.8 Å². The third kappa shape index (κ3) is 7.31. The first kappa shape index (κ1) is 25.2. The molecule has 1 saturated carbocycles. The molecule has 1 aliphatic carbocycles. The monoisotopic (exact) mass is 494 g/mol. The predicted molar refractivity (Wildman–Crippen MR) is 138 cm³/mol. The number of likely N-dealkylation sites (tertiary alicyclic amines) is 1. The van der Waals surface area contributed by atoms with Gasteiger partial charge in [-0.05, 0) is 55.9 Å². The zero-order valence-electron chi connectivity index (χ0n) is 20.1. The molecule has 7 nitrogen and oxygen atoms in total. The van der Waals surface area contributed by atoms with E-state index in [1.807, 2.05) is 35.2 Å². The van der Waals surface area contributed by atoms with Gasteiger partial charge in [0.2, 0.25) is 11.8 Å². The third-order valence-corrected chi connectivity index (χ3v) is 7.93. The minimum absolute atomic E-state index is 0.0163. The number of pyridine rings is 1. The smallest absolute Gasteiger partial charge is 0.254 e. The predicted octanol–water partition coefficient (Wildman–Crippen LogP) is 4.36. The zero-order chi connectivity index (χ0) is 24.5. The molecule has 1 aromatic carbocycles. The third-order valence-electron chi connectivity index (χ3n) is 6.86. The average Bonchev–Trinajstić information content (AvgIpc) is 2.91. The van der Waals surface area contributed by atoms with E-state index in [0.29, 0.717) is 49.0 Å². The minimum atomic E-state index is -0.140. The molecule has 2 aromatic rings. The molecule has 3 amide bonds. The topological polar surface area (TPSA) is 91.4 Å². The van der Waals surface area contributed by atoms with Crippen LogP contribution >= 0.6 is 11.8 Å². The molecule has 0 spiro atoms. The highest BCUT2D eigenvalue weighted by molar-refractivity contribution is 8.00. The highest BCUT2D eigenvalue weighted by atomic mass is 32.2. The first-order chi connectivity index (χ1) is 17.1. The van der Waals surface area contributed by atoms with E-state index in [1.54, 1.807) is 18.3 Å². The van der Waals surface area contributed by atoms with Gasteiger partial charge in [0.05, 0.1) is 11.3 Å². The molecule has 1 aromatic heterocycles. The molecule has 2 N–H and O–H groups in total. The molecule has 35 heavy (non-hydrogen) atoms. The quantitative estimate of drug-likeness (QED) is 0.532. The maximum absolute atomic E-state index is 13.3. The molecule has 1 aliphatic heterocycles. The molecule has 0 unspecified atom stereocenters. The van der Waals surface area contributed by atoms with Crippen LogP contribution in [0.4, 0.5) is 5.82 Å². The largest absolute Gasteiger partial charge is 0.355 e. The highest BCUT2D eigenvalue weighted by Gasteiger charge is 2.29. The van der Waals surface area contributed by atoms with E-state index in [2.05, 4.69) is 15.6 Å². The Balaban J connectivity index is 1.26. The molecule has 2 heterocycles. The molecule has 8 heteroatoms. The molecule has 186 valence electrons. The van der Waals surface area contributed by atoms with Gasteiger partial charge in [-0.3, -0.25) is 14.4 Å². The summed E-state index contributed by atoms with van der Waals surface area (Å²) < 4.78 is 0. The normalized spacial score (nSPS) is 17.1. The second-order valence-electron chi connectivity index (χ2n) is 9.36. The van der Waals surface area contributed by atoms with E-state index in [-0.39, 0.29) is 23.6 Å². The van der Waals surface area contributed by atoms with Crippen molar-refractivity contribution in [2.75, 3.05) is 30.7 Å². The summed E-state index contributed by atoms with van der Waals surface area (Å²) in [6.07, 6.45) is 9.10. The lowest BCUT2D eigenvalue weighted by Gasteiger charge is -2.31. The average molecular weight is 495 g/mol. The number of thioether (sulfide) groups is 1. The molecular formula is C27H34N4O3S. The van der Waals surface area contributed by atoms with Crippen LogP contribution in [-0.4, -0.2) is 53.0 Å². The van der Waals surface area contributed by atoms with Crippen molar-refractivity contribution in [3.8, 4) is 0 Å². The van der Waals surface area contributed by atoms with Crippen molar-refractivity contribution in [3.05, 3.63) is 54.2 Å². The van der Waals surface area contributed by atoms with Crippen LogP contribution in [0.25, 0.3) is 0 Å². The van der Waals surface area contributed by atoms with Gasteiger partial charge < -0.3 is 15.5 Å². The van der Waals surface area contributed by atoms with Crippen LogP contribution in [0.5, 0.6) is 0 Å². The van der Waals surface area contributed by atoms with Crippen molar-refractivity contribution in [2.45, 2.75) is 49.8 Å². The number of carbonyl (C=O) groups is 3. The standard InChI is InChI=1S/C27H34N4O3S/c32-25(29-18-20-8-2-1-3-9-20)19-35-23-11-5-4-10-22(23)27(34)31-16-13-21(14-17-31)26(33)30-24-12-6-7-15-28-24/h4-7,10-12,15,20-21H,1-3,8-9,13-14,16-19H2,(H,29,32)(H,28,30,33). The van der Waals surface area contributed by atoms with Gasteiger partial charge in [-0.15, -0.1) is 11.8 Å². The lowest BCUT2D eigenvalue weighted by atomic mass is 9.89. The van der Waals surface area contributed by atoms with E-state index in [4.69, 9.17) is 0 Å². The van der Waals surface area contributed by atoms with Gasteiger partial charge >= 0.3 is 0 Å². The summed E-state index contributed by atoms with van der Waals surface area (Å²) in [5.74, 6) is 1.23. The van der Waals surface area contributed by atoms with Crippen molar-refractivity contribution < 1.29 is 14.4 Å². The van der Waals surface area contributed by atoms with Crippen LogP contribution in [0.3, 0.4) is 0 Å². The van der Waals surface area contributed by atoms with Crippen LogP contribution in [0.1, 0.15) is 55.3 Å². The van der Waals surface area contributed by atoms with Gasteiger partial charge in [0.15, 0.2) is 0 Å². The van der Waals surface area contributed by atoms with Crippen LogP contribution in [0, 0.1) is 11.8 Å². The number of carbonyl (C=O) groups excluding carboxylic acids is 3. The van der Waals surface area contributed by atoms with Gasteiger partial charge in [-0.1, -0.05) is 37.5 Å². The van der Waals surface area contributed by atoms with Gasteiger partial charge in [0.25, 0.3) is 5.91 Å². The maximum Gasteiger partial charge on any atom is 0.254 e. The number of benzene rings is 1. The van der Waals surface area contributed by atoms with E-state index in [0.717, 1.165) is 11.4 Å². The number of piperidine rings is 1. The van der Waals surface area contributed by atoms with Crippen LogP contribution in [0.2, 0.25) is 0 Å². The van der Waals surface area contributed by atoms with E-state index in [1.165, 1.54) is 43.9 Å². The Morgan fingerprint density at radius 2 is 1.69 bits per heavy atom. The first-order valence-corrected chi connectivity index (χ1v) is 13.6. The fourth-order valence-corrected chi connectivity index (χ4v) is 5.67. The minimum Gasteiger partial charge on any atom is -0.355 e. The van der Waals surface area contributed by atoms with Crippen molar-refractivity contribution >= 4 is 35.3 Å². The summed E-state index contributed by atoms with van der Waals surface area (Å²) in [5.41, 5.74) is 0.619. The molecule has 2 fully saturated rings. The molecule has 0 atom stereocenters. The summed E-state index contributed by atoms with van der Waals surface area (Å²) in [6, 6.07) is 12.9. The lowest BCUT2D eigenvalue weighted by molar-refractivity contribution is -0.121. The summed E-state index contributed by atoms with van der Waals surface area (Å²) in [4.78, 5) is 45.0. The fourth-order valence-electron chi connectivity index (χ4n) is 4.79. The maximum atomic E-state index is 13.3. The van der Waals surface area contributed by atoms with Crippen LogP contribution in [0.15, 0.2) is 53.6 Å². The number of nitrogens with zero attached hydrogens (tertiary/aromatic N) is 2. The number of amides is 3. The van der Waals surface area contributed by atoms with Crippen molar-refractivity contribution in [3.63, 3.8) is 0 Å². The Hall–Kier alpha value is -2.87. The molecule has 0 bridgehead atoms. The molecule has 2 aliphatic rings.